The summed E-state index contributed by atoms with van der Waals surface area (Å²) in [5.41, 5.74) is 0.855. The van der Waals surface area contributed by atoms with Crippen molar-refractivity contribution in [1.29, 1.82) is 0 Å². The highest BCUT2D eigenvalue weighted by molar-refractivity contribution is 5.51. The first-order valence-corrected chi connectivity index (χ1v) is 6.78. The van der Waals surface area contributed by atoms with Crippen LogP contribution in [0.15, 0.2) is 12.1 Å². The largest absolute Gasteiger partial charge is 0.496 e. The summed E-state index contributed by atoms with van der Waals surface area (Å²) in [6, 6.07) is 3.70. The van der Waals surface area contributed by atoms with Crippen molar-refractivity contribution >= 4 is 0 Å². The predicted octanol–water partition coefficient (Wildman–Crippen LogP) is 2.13. The van der Waals surface area contributed by atoms with Gasteiger partial charge < -0.3 is 24.6 Å². The van der Waals surface area contributed by atoms with Crippen LogP contribution >= 0.6 is 0 Å². The molecule has 1 aromatic rings. The zero-order chi connectivity index (χ0) is 15.1. The molecule has 0 amide bonds. The summed E-state index contributed by atoms with van der Waals surface area (Å²) in [4.78, 5) is 0. The van der Waals surface area contributed by atoms with Gasteiger partial charge in [-0.15, -0.1) is 0 Å². The van der Waals surface area contributed by atoms with Crippen LogP contribution in [0.3, 0.4) is 0 Å². The van der Waals surface area contributed by atoms with Crippen LogP contribution in [0.2, 0.25) is 0 Å². The first kappa shape index (κ1) is 16.6. The van der Waals surface area contributed by atoms with Crippen molar-refractivity contribution in [2.24, 2.45) is 0 Å². The first-order chi connectivity index (χ1) is 9.60. The van der Waals surface area contributed by atoms with E-state index in [1.54, 1.807) is 27.4 Å². The van der Waals surface area contributed by atoms with E-state index in [9.17, 15) is 5.11 Å². The minimum atomic E-state index is -0.209. The number of hydrogen-bond acceptors (Lipinski definition) is 5. The van der Waals surface area contributed by atoms with Crippen LogP contribution in [0.25, 0.3) is 0 Å². The molecule has 1 aromatic carbocycles. The van der Waals surface area contributed by atoms with E-state index >= 15 is 0 Å². The van der Waals surface area contributed by atoms with Crippen molar-refractivity contribution in [3.63, 3.8) is 0 Å². The summed E-state index contributed by atoms with van der Waals surface area (Å²) in [6.45, 7) is 4.16. The fourth-order valence-electron chi connectivity index (χ4n) is 2.03. The molecule has 0 fully saturated rings. The molecule has 2 unspecified atom stereocenters. The second kappa shape index (κ2) is 7.97. The maximum Gasteiger partial charge on any atom is 0.164 e. The molecule has 0 aromatic heterocycles. The molecule has 5 heteroatoms. The van der Waals surface area contributed by atoms with Gasteiger partial charge in [-0.25, -0.2) is 0 Å². The van der Waals surface area contributed by atoms with Crippen LogP contribution in [0.5, 0.6) is 17.2 Å². The monoisotopic (exact) mass is 283 g/mol. The summed E-state index contributed by atoms with van der Waals surface area (Å²) in [7, 11) is 4.77. The number of benzene rings is 1. The van der Waals surface area contributed by atoms with Gasteiger partial charge in [-0.3, -0.25) is 0 Å². The highest BCUT2D eigenvalue weighted by Gasteiger charge is 2.20. The van der Waals surface area contributed by atoms with Gasteiger partial charge >= 0.3 is 0 Å². The summed E-state index contributed by atoms with van der Waals surface area (Å²) >= 11 is 0. The Bertz CT molecular complexity index is 423. The Kier molecular flexibility index (Phi) is 6.61. The lowest BCUT2D eigenvalue weighted by Crippen LogP contribution is -2.32. The quantitative estimate of drug-likeness (QED) is 0.765. The van der Waals surface area contributed by atoms with Crippen LogP contribution < -0.4 is 19.5 Å². The molecule has 2 N–H and O–H groups in total. The van der Waals surface area contributed by atoms with Crippen molar-refractivity contribution in [2.45, 2.75) is 32.4 Å². The summed E-state index contributed by atoms with van der Waals surface area (Å²) in [5.74, 6) is 1.89. The van der Waals surface area contributed by atoms with Gasteiger partial charge in [0.1, 0.15) is 5.75 Å². The molecule has 0 saturated carbocycles. The number of methoxy groups -OCH3 is 3. The third-order valence-corrected chi connectivity index (χ3v) is 3.39. The highest BCUT2D eigenvalue weighted by Crippen LogP contribution is 2.37. The molecule has 1 rings (SSSR count). The first-order valence-electron chi connectivity index (χ1n) is 6.78. The molecule has 0 saturated heterocycles. The third-order valence-electron chi connectivity index (χ3n) is 3.39. The topological polar surface area (TPSA) is 60.0 Å². The van der Waals surface area contributed by atoms with Gasteiger partial charge in [0.25, 0.3) is 0 Å². The molecule has 2 atom stereocenters. The van der Waals surface area contributed by atoms with Gasteiger partial charge in [-0.1, -0.05) is 6.92 Å². The Morgan fingerprint density at radius 1 is 1.05 bits per heavy atom. The molecule has 20 heavy (non-hydrogen) atoms. The fraction of sp³-hybridized carbons (Fsp3) is 0.600. The van der Waals surface area contributed by atoms with Crippen molar-refractivity contribution in [2.75, 3.05) is 27.9 Å². The third kappa shape index (κ3) is 3.77. The number of aliphatic hydroxyl groups excluding tert-OH is 1. The molecule has 0 aliphatic heterocycles. The van der Waals surface area contributed by atoms with Gasteiger partial charge in [0, 0.05) is 17.7 Å². The molecule has 0 aliphatic carbocycles. The number of rotatable bonds is 8. The minimum absolute atomic E-state index is 0.0177. The fourth-order valence-corrected chi connectivity index (χ4v) is 2.03. The average Bonchev–Trinajstić information content (AvgIpc) is 2.50. The van der Waals surface area contributed by atoms with Crippen LogP contribution in [0.1, 0.15) is 31.9 Å². The molecule has 0 radical (unpaired) electrons. The molecule has 0 aliphatic rings. The van der Waals surface area contributed by atoms with Gasteiger partial charge in [-0.2, -0.15) is 0 Å². The second-order valence-corrected chi connectivity index (χ2v) is 4.66. The van der Waals surface area contributed by atoms with E-state index in [0.29, 0.717) is 23.3 Å². The number of aliphatic hydroxyl groups is 1. The molecule has 0 heterocycles. The number of hydrogen-bond donors (Lipinski definition) is 2. The number of ether oxygens (including phenoxy) is 3. The van der Waals surface area contributed by atoms with Crippen LogP contribution in [0.4, 0.5) is 0 Å². The van der Waals surface area contributed by atoms with E-state index in [-0.39, 0.29) is 12.6 Å². The second-order valence-electron chi connectivity index (χ2n) is 4.66. The smallest absolute Gasteiger partial charge is 0.164 e. The molecule has 5 nitrogen and oxygen atoms in total. The van der Waals surface area contributed by atoms with E-state index in [0.717, 1.165) is 12.0 Å². The Morgan fingerprint density at radius 3 is 2.05 bits per heavy atom. The Labute approximate surface area is 120 Å². The maximum atomic E-state index is 9.64. The Balaban J connectivity index is 3.18. The molecular weight excluding hydrogens is 258 g/mol. The van der Waals surface area contributed by atoms with E-state index in [1.165, 1.54) is 0 Å². The lowest BCUT2D eigenvalue weighted by molar-refractivity contribution is 0.230. The summed E-state index contributed by atoms with van der Waals surface area (Å²) < 4.78 is 16.0. The lowest BCUT2D eigenvalue weighted by Gasteiger charge is -2.24. The van der Waals surface area contributed by atoms with Crippen LogP contribution in [-0.4, -0.2) is 39.1 Å². The molecule has 0 spiro atoms. The Hall–Kier alpha value is -1.46. The van der Waals surface area contributed by atoms with Gasteiger partial charge in [0.15, 0.2) is 11.5 Å². The van der Waals surface area contributed by atoms with Crippen LogP contribution in [-0.2, 0) is 0 Å². The van der Waals surface area contributed by atoms with E-state index in [2.05, 4.69) is 19.2 Å². The van der Waals surface area contributed by atoms with E-state index in [1.807, 2.05) is 6.07 Å². The summed E-state index contributed by atoms with van der Waals surface area (Å²) in [6.07, 6.45) is 0.978. The predicted molar refractivity (Wildman–Crippen MR) is 78.8 cm³/mol. The van der Waals surface area contributed by atoms with Crippen molar-refractivity contribution in [3.05, 3.63) is 17.7 Å². The van der Waals surface area contributed by atoms with Crippen LogP contribution in [0, 0.1) is 0 Å². The number of nitrogens with one attached hydrogen (secondary N) is 1. The maximum absolute atomic E-state index is 9.64. The zero-order valence-electron chi connectivity index (χ0n) is 12.9. The molecule has 114 valence electrons. The van der Waals surface area contributed by atoms with E-state index < -0.39 is 0 Å². The normalized spacial score (nSPS) is 13.7. The highest BCUT2D eigenvalue weighted by atomic mass is 16.5. The van der Waals surface area contributed by atoms with Gasteiger partial charge in [-0.05, 0) is 19.4 Å². The zero-order valence-corrected chi connectivity index (χ0v) is 12.9. The van der Waals surface area contributed by atoms with Crippen molar-refractivity contribution < 1.29 is 19.3 Å². The Morgan fingerprint density at radius 2 is 1.60 bits per heavy atom. The van der Waals surface area contributed by atoms with Crippen molar-refractivity contribution in [1.82, 2.24) is 5.32 Å². The summed E-state index contributed by atoms with van der Waals surface area (Å²) in [5, 5.41) is 13.0. The lowest BCUT2D eigenvalue weighted by atomic mass is 10.0. The van der Waals surface area contributed by atoms with E-state index in [4.69, 9.17) is 14.2 Å². The molecular formula is C15H25NO4. The standard InChI is InChI=1S/C15H25NO4/c1-6-10(2)16-12(9-17)11-7-14(19-4)15(20-5)8-13(11)18-3/h7-8,10,12,16-17H,6,9H2,1-5H3. The SMILES string of the molecule is CCC(C)NC(CO)c1cc(OC)c(OC)cc1OC. The van der Waals surface area contributed by atoms with Crippen molar-refractivity contribution in [3.8, 4) is 17.2 Å². The molecule has 0 bridgehead atoms. The van der Waals surface area contributed by atoms with Gasteiger partial charge in [0.05, 0.1) is 34.0 Å². The average molecular weight is 283 g/mol. The van der Waals surface area contributed by atoms with Gasteiger partial charge in [0.2, 0.25) is 0 Å². The minimum Gasteiger partial charge on any atom is -0.496 e.